The summed E-state index contributed by atoms with van der Waals surface area (Å²) in [5.41, 5.74) is 4.30. The van der Waals surface area contributed by atoms with E-state index in [0.29, 0.717) is 0 Å². The van der Waals surface area contributed by atoms with Crippen molar-refractivity contribution in [3.8, 4) is 6.07 Å². The van der Waals surface area contributed by atoms with Crippen molar-refractivity contribution in [2.45, 2.75) is 58.9 Å². The SMILES string of the molecule is COC(=O)C1=C(C)OC(N)=C(C#N)C1[C@@H]1COC(C)(C)N1C(=O)OC(C)(C)C. The summed E-state index contributed by atoms with van der Waals surface area (Å²) < 4.78 is 21.6. The first-order chi connectivity index (χ1) is 12.8. The van der Waals surface area contributed by atoms with Gasteiger partial charge in [-0.3, -0.25) is 4.90 Å². The molecule has 0 radical (unpaired) electrons. The number of allylic oxidation sites excluding steroid dienone is 1. The zero-order chi connectivity index (χ0) is 21.4. The molecule has 9 nitrogen and oxygen atoms in total. The molecule has 2 rings (SSSR count). The molecule has 1 fully saturated rings. The molecule has 154 valence electrons. The molecule has 1 saturated heterocycles. The maximum atomic E-state index is 13.0. The van der Waals surface area contributed by atoms with E-state index in [4.69, 9.17) is 24.7 Å². The van der Waals surface area contributed by atoms with Crippen molar-refractivity contribution in [2.24, 2.45) is 11.7 Å². The number of amides is 1. The van der Waals surface area contributed by atoms with E-state index in [1.165, 1.54) is 12.0 Å². The first-order valence-corrected chi connectivity index (χ1v) is 8.87. The van der Waals surface area contributed by atoms with Crippen LogP contribution in [0.5, 0.6) is 0 Å². The third-order valence-electron chi connectivity index (χ3n) is 4.55. The fourth-order valence-corrected chi connectivity index (χ4v) is 3.43. The Kier molecular flexibility index (Phi) is 5.67. The lowest BCUT2D eigenvalue weighted by Crippen LogP contribution is -2.53. The number of ether oxygens (including phenoxy) is 4. The maximum absolute atomic E-state index is 13.0. The van der Waals surface area contributed by atoms with Crippen LogP contribution in [0.25, 0.3) is 0 Å². The summed E-state index contributed by atoms with van der Waals surface area (Å²) in [4.78, 5) is 26.8. The molecular weight excluding hydrogens is 366 g/mol. The second-order valence-corrected chi connectivity index (χ2v) is 8.11. The van der Waals surface area contributed by atoms with Crippen molar-refractivity contribution in [1.82, 2.24) is 4.90 Å². The zero-order valence-electron chi connectivity index (χ0n) is 17.3. The highest BCUT2D eigenvalue weighted by atomic mass is 16.6. The van der Waals surface area contributed by atoms with E-state index in [9.17, 15) is 14.9 Å². The quantitative estimate of drug-likeness (QED) is 0.708. The Morgan fingerprint density at radius 2 is 1.96 bits per heavy atom. The lowest BCUT2D eigenvalue weighted by atomic mass is 9.82. The zero-order valence-corrected chi connectivity index (χ0v) is 17.3. The van der Waals surface area contributed by atoms with Crippen LogP contribution in [0, 0.1) is 17.2 Å². The second-order valence-electron chi connectivity index (χ2n) is 8.11. The van der Waals surface area contributed by atoms with Gasteiger partial charge in [-0.25, -0.2) is 9.59 Å². The number of methoxy groups -OCH3 is 1. The Morgan fingerprint density at radius 3 is 2.46 bits per heavy atom. The fourth-order valence-electron chi connectivity index (χ4n) is 3.43. The molecule has 1 unspecified atom stereocenters. The van der Waals surface area contributed by atoms with E-state index < -0.39 is 35.3 Å². The first kappa shape index (κ1) is 21.6. The number of nitriles is 1. The summed E-state index contributed by atoms with van der Waals surface area (Å²) in [5, 5.41) is 9.67. The standard InChI is InChI=1S/C19H27N3O6/c1-10-13(16(23)25-7)14(11(8-20)15(21)27-10)12-9-26-19(5,6)22(12)17(24)28-18(2,3)4/h12,14H,9,21H2,1-7H3/t12-,14?/m0/s1. The average Bonchev–Trinajstić information content (AvgIpc) is 2.87. The Morgan fingerprint density at radius 1 is 1.36 bits per heavy atom. The van der Waals surface area contributed by atoms with Gasteiger partial charge >= 0.3 is 12.1 Å². The van der Waals surface area contributed by atoms with Gasteiger partial charge in [0.15, 0.2) is 0 Å². The van der Waals surface area contributed by atoms with E-state index in [1.807, 2.05) is 6.07 Å². The summed E-state index contributed by atoms with van der Waals surface area (Å²) in [5.74, 6) is -1.45. The van der Waals surface area contributed by atoms with Crippen LogP contribution in [0.3, 0.4) is 0 Å². The highest BCUT2D eigenvalue weighted by molar-refractivity contribution is 5.91. The van der Waals surface area contributed by atoms with Crippen LogP contribution >= 0.6 is 0 Å². The summed E-state index contributed by atoms with van der Waals surface area (Å²) in [6.45, 7) is 10.3. The minimum absolute atomic E-state index is 0.0332. The van der Waals surface area contributed by atoms with Gasteiger partial charge in [0.2, 0.25) is 5.88 Å². The fraction of sp³-hybridized carbons (Fsp3) is 0.632. The molecule has 2 heterocycles. The van der Waals surface area contributed by atoms with Crippen molar-refractivity contribution in [2.75, 3.05) is 13.7 Å². The van der Waals surface area contributed by atoms with Crippen LogP contribution in [0.1, 0.15) is 41.5 Å². The molecule has 9 heteroatoms. The van der Waals surface area contributed by atoms with Crippen molar-refractivity contribution in [3.05, 3.63) is 22.8 Å². The van der Waals surface area contributed by atoms with Gasteiger partial charge in [-0.2, -0.15) is 5.26 Å². The van der Waals surface area contributed by atoms with Gasteiger partial charge in [-0.1, -0.05) is 0 Å². The molecule has 0 saturated carbocycles. The summed E-state index contributed by atoms with van der Waals surface area (Å²) in [7, 11) is 1.23. The van der Waals surface area contributed by atoms with Crippen LogP contribution in [0.4, 0.5) is 4.79 Å². The molecule has 0 aromatic rings. The summed E-state index contributed by atoms with van der Waals surface area (Å²) in [6.07, 6.45) is -0.621. The molecule has 2 aliphatic rings. The third kappa shape index (κ3) is 3.92. The van der Waals surface area contributed by atoms with E-state index in [2.05, 4.69) is 0 Å². The van der Waals surface area contributed by atoms with Crippen LogP contribution < -0.4 is 5.73 Å². The maximum Gasteiger partial charge on any atom is 0.412 e. The first-order valence-electron chi connectivity index (χ1n) is 8.87. The van der Waals surface area contributed by atoms with Gasteiger partial charge < -0.3 is 24.7 Å². The number of hydrogen-bond acceptors (Lipinski definition) is 8. The Bertz CT molecular complexity index is 784. The second kappa shape index (κ2) is 7.36. The summed E-state index contributed by atoms with van der Waals surface area (Å²) >= 11 is 0. The molecule has 0 aliphatic carbocycles. The van der Waals surface area contributed by atoms with Crippen molar-refractivity contribution >= 4 is 12.1 Å². The van der Waals surface area contributed by atoms with Gasteiger partial charge in [0.05, 0.1) is 36.8 Å². The number of rotatable bonds is 2. The van der Waals surface area contributed by atoms with Crippen molar-refractivity contribution < 1.29 is 28.5 Å². The molecule has 0 spiro atoms. The molecule has 0 aromatic carbocycles. The number of esters is 1. The van der Waals surface area contributed by atoms with Gasteiger partial charge in [0.25, 0.3) is 0 Å². The Balaban J connectivity index is 2.58. The molecule has 2 atom stereocenters. The molecule has 0 aromatic heterocycles. The van der Waals surface area contributed by atoms with Gasteiger partial charge in [0, 0.05) is 0 Å². The van der Waals surface area contributed by atoms with E-state index in [-0.39, 0.29) is 29.4 Å². The van der Waals surface area contributed by atoms with Gasteiger partial charge in [-0.15, -0.1) is 0 Å². The van der Waals surface area contributed by atoms with E-state index in [1.54, 1.807) is 41.5 Å². The number of carbonyl (C=O) groups is 2. The molecule has 0 bridgehead atoms. The van der Waals surface area contributed by atoms with Gasteiger partial charge in [-0.05, 0) is 41.5 Å². The topological polar surface area (TPSA) is 124 Å². The highest BCUT2D eigenvalue weighted by Gasteiger charge is 2.53. The Hall–Kier alpha value is -2.73. The van der Waals surface area contributed by atoms with Crippen LogP contribution in [0.2, 0.25) is 0 Å². The highest BCUT2D eigenvalue weighted by Crippen LogP contribution is 2.42. The predicted octanol–water partition coefficient (Wildman–Crippen LogP) is 2.15. The molecule has 1 amide bonds. The lowest BCUT2D eigenvalue weighted by Gasteiger charge is -2.39. The molecular formula is C19H27N3O6. The Labute approximate surface area is 164 Å². The number of carbonyl (C=O) groups excluding carboxylic acids is 2. The number of hydrogen-bond donors (Lipinski definition) is 1. The van der Waals surface area contributed by atoms with Crippen LogP contribution in [-0.4, -0.2) is 48.0 Å². The van der Waals surface area contributed by atoms with Crippen LogP contribution in [-0.2, 0) is 23.7 Å². The number of nitrogens with two attached hydrogens (primary N) is 1. The minimum atomic E-state index is -1.02. The minimum Gasteiger partial charge on any atom is -0.466 e. The lowest BCUT2D eigenvalue weighted by molar-refractivity contribution is -0.137. The number of nitrogens with zero attached hydrogens (tertiary/aromatic N) is 2. The third-order valence-corrected chi connectivity index (χ3v) is 4.55. The van der Waals surface area contributed by atoms with Crippen molar-refractivity contribution in [3.63, 3.8) is 0 Å². The molecule has 2 N–H and O–H groups in total. The largest absolute Gasteiger partial charge is 0.466 e. The molecule has 2 aliphatic heterocycles. The predicted molar refractivity (Wildman–Crippen MR) is 98.0 cm³/mol. The van der Waals surface area contributed by atoms with Crippen molar-refractivity contribution in [1.29, 1.82) is 5.26 Å². The monoisotopic (exact) mass is 393 g/mol. The van der Waals surface area contributed by atoms with Gasteiger partial charge in [0.1, 0.15) is 23.2 Å². The normalized spacial score (nSPS) is 24.6. The molecule has 28 heavy (non-hydrogen) atoms. The smallest absolute Gasteiger partial charge is 0.412 e. The van der Waals surface area contributed by atoms with Crippen LogP contribution in [0.15, 0.2) is 22.8 Å². The summed E-state index contributed by atoms with van der Waals surface area (Å²) in [6, 6.07) is 1.28. The average molecular weight is 393 g/mol. The van der Waals surface area contributed by atoms with E-state index >= 15 is 0 Å². The van der Waals surface area contributed by atoms with E-state index in [0.717, 1.165) is 0 Å².